The quantitative estimate of drug-likeness (QED) is 0.541. The summed E-state index contributed by atoms with van der Waals surface area (Å²) >= 11 is 1.45. The zero-order chi connectivity index (χ0) is 20.3. The molecule has 2 heterocycles. The average molecular weight is 403 g/mol. The lowest BCUT2D eigenvalue weighted by Gasteiger charge is -2.26. The molecule has 0 spiro atoms. The summed E-state index contributed by atoms with van der Waals surface area (Å²) in [6.07, 6.45) is 1.54. The zero-order valence-corrected chi connectivity index (χ0v) is 16.7. The third kappa shape index (κ3) is 4.06. The number of thioether (sulfide) groups is 1. The molecule has 0 bridgehead atoms. The number of ketones is 1. The van der Waals surface area contributed by atoms with Crippen LogP contribution < -0.4 is 4.74 Å². The van der Waals surface area contributed by atoms with Crippen LogP contribution in [0.3, 0.4) is 0 Å². The molecule has 1 aliphatic heterocycles. The maximum absolute atomic E-state index is 12.7. The molecule has 0 unspecified atom stereocenters. The summed E-state index contributed by atoms with van der Waals surface area (Å²) < 4.78 is 16.2. The van der Waals surface area contributed by atoms with Crippen LogP contribution in [0.25, 0.3) is 0 Å². The van der Waals surface area contributed by atoms with Crippen molar-refractivity contribution in [3.05, 3.63) is 53.5 Å². The first-order chi connectivity index (χ1) is 13.4. The van der Waals surface area contributed by atoms with E-state index in [-0.39, 0.29) is 23.7 Å². The van der Waals surface area contributed by atoms with Gasteiger partial charge in [0, 0.05) is 23.8 Å². The summed E-state index contributed by atoms with van der Waals surface area (Å²) in [5.74, 6) is 0.721. The molecule has 0 N–H and O–H groups in total. The maximum Gasteiger partial charge on any atom is 0.330 e. The Kier molecular flexibility index (Phi) is 6.08. The van der Waals surface area contributed by atoms with E-state index in [1.54, 1.807) is 30.3 Å². The third-order valence-corrected chi connectivity index (χ3v) is 5.76. The van der Waals surface area contributed by atoms with Gasteiger partial charge in [-0.3, -0.25) is 9.59 Å². The van der Waals surface area contributed by atoms with Crippen LogP contribution in [0.5, 0.6) is 5.75 Å². The maximum atomic E-state index is 12.7. The first-order valence-electron chi connectivity index (χ1n) is 8.70. The molecule has 1 aromatic carbocycles. The molecule has 1 amide bonds. The van der Waals surface area contributed by atoms with Crippen molar-refractivity contribution in [2.24, 2.45) is 0 Å². The number of carbonyl (C=O) groups excluding carboxylic acids is 3. The molecule has 0 aliphatic carbocycles. The highest BCUT2D eigenvalue weighted by molar-refractivity contribution is 7.99. The van der Waals surface area contributed by atoms with Gasteiger partial charge in [-0.25, -0.2) is 4.79 Å². The van der Waals surface area contributed by atoms with Gasteiger partial charge in [0.25, 0.3) is 0 Å². The average Bonchev–Trinajstić information content (AvgIpc) is 3.34. The number of esters is 1. The smallest absolute Gasteiger partial charge is 0.330 e. The van der Waals surface area contributed by atoms with E-state index in [2.05, 4.69) is 0 Å². The Balaban J connectivity index is 1.73. The fraction of sp³-hybridized carbons (Fsp3) is 0.350. The number of amides is 1. The van der Waals surface area contributed by atoms with Gasteiger partial charge >= 0.3 is 5.97 Å². The fourth-order valence-corrected chi connectivity index (χ4v) is 4.49. The molecule has 0 radical (unpaired) electrons. The Labute approximate surface area is 167 Å². The first-order valence-corrected chi connectivity index (χ1v) is 9.75. The number of nitrogens with zero attached hydrogens (tertiary/aromatic N) is 1. The van der Waals surface area contributed by atoms with E-state index < -0.39 is 12.0 Å². The van der Waals surface area contributed by atoms with Crippen LogP contribution in [-0.4, -0.2) is 41.5 Å². The second-order valence-electron chi connectivity index (χ2n) is 6.33. The highest BCUT2D eigenvalue weighted by Crippen LogP contribution is 2.42. The predicted octanol–water partition coefficient (Wildman–Crippen LogP) is 3.20. The minimum atomic E-state index is -0.709. The topological polar surface area (TPSA) is 86.1 Å². The largest absolute Gasteiger partial charge is 0.496 e. The van der Waals surface area contributed by atoms with Crippen LogP contribution in [0.4, 0.5) is 0 Å². The van der Waals surface area contributed by atoms with Crippen molar-refractivity contribution in [1.29, 1.82) is 0 Å². The van der Waals surface area contributed by atoms with Crippen molar-refractivity contribution in [2.45, 2.75) is 31.9 Å². The van der Waals surface area contributed by atoms with Crippen molar-refractivity contribution >= 4 is 29.4 Å². The Morgan fingerprint density at radius 1 is 1.25 bits per heavy atom. The molecule has 1 aliphatic rings. The second-order valence-corrected chi connectivity index (χ2v) is 7.45. The van der Waals surface area contributed by atoms with E-state index in [4.69, 9.17) is 13.9 Å². The number of ether oxygens (including phenoxy) is 2. The van der Waals surface area contributed by atoms with Gasteiger partial charge in [0.05, 0.1) is 13.4 Å². The Bertz CT molecular complexity index is 879. The van der Waals surface area contributed by atoms with E-state index in [0.29, 0.717) is 28.4 Å². The number of hydrogen-bond donors (Lipinski definition) is 0. The van der Waals surface area contributed by atoms with Crippen LogP contribution in [0.2, 0.25) is 0 Å². The zero-order valence-electron chi connectivity index (χ0n) is 15.8. The summed E-state index contributed by atoms with van der Waals surface area (Å²) in [7, 11) is 1.51. The normalized spacial score (nSPS) is 18.8. The molecular weight excluding hydrogens is 382 g/mol. The lowest BCUT2D eigenvalue weighted by molar-refractivity contribution is -0.154. The lowest BCUT2D eigenvalue weighted by Crippen LogP contribution is -2.42. The monoisotopic (exact) mass is 403 g/mol. The van der Waals surface area contributed by atoms with Gasteiger partial charge < -0.3 is 18.8 Å². The standard InChI is InChI=1S/C20H21NO6S/c1-12(22)14-6-7-17(25-3)15(9-14)10-27-20(24)16-11-28-19(21(16)13(2)23)18-5-4-8-26-18/h4-9,16,19H,10-11H2,1-3H3/t16-,19+/m0/s1. The lowest BCUT2D eigenvalue weighted by atomic mass is 10.1. The van der Waals surface area contributed by atoms with Crippen LogP contribution in [0, 0.1) is 0 Å². The fourth-order valence-electron chi connectivity index (χ4n) is 3.08. The van der Waals surface area contributed by atoms with Gasteiger partial charge in [-0.15, -0.1) is 11.8 Å². The molecule has 148 valence electrons. The minimum Gasteiger partial charge on any atom is -0.496 e. The molecule has 1 saturated heterocycles. The highest BCUT2D eigenvalue weighted by Gasteiger charge is 2.43. The van der Waals surface area contributed by atoms with Gasteiger partial charge in [-0.05, 0) is 37.3 Å². The van der Waals surface area contributed by atoms with Crippen molar-refractivity contribution < 1.29 is 28.3 Å². The molecular formula is C20H21NO6S. The second kappa shape index (κ2) is 8.52. The van der Waals surface area contributed by atoms with E-state index in [1.807, 2.05) is 0 Å². The minimum absolute atomic E-state index is 0.0541. The van der Waals surface area contributed by atoms with E-state index in [0.717, 1.165) is 0 Å². The number of benzene rings is 1. The Morgan fingerprint density at radius 3 is 2.64 bits per heavy atom. The summed E-state index contributed by atoms with van der Waals surface area (Å²) in [5, 5.41) is -0.361. The SMILES string of the molecule is COc1ccc(C(C)=O)cc1COC(=O)[C@@H]1CS[C@H](c2ccco2)N1C(C)=O. The highest BCUT2D eigenvalue weighted by atomic mass is 32.2. The number of methoxy groups -OCH3 is 1. The first kappa shape index (κ1) is 20.0. The molecule has 3 rings (SSSR count). The van der Waals surface area contributed by atoms with E-state index in [9.17, 15) is 14.4 Å². The Morgan fingerprint density at radius 2 is 2.04 bits per heavy atom. The molecule has 2 atom stereocenters. The van der Waals surface area contributed by atoms with Gasteiger partial charge in [-0.1, -0.05) is 0 Å². The van der Waals surface area contributed by atoms with Crippen molar-refractivity contribution in [2.75, 3.05) is 12.9 Å². The van der Waals surface area contributed by atoms with Crippen molar-refractivity contribution in [3.63, 3.8) is 0 Å². The van der Waals surface area contributed by atoms with E-state index >= 15 is 0 Å². The van der Waals surface area contributed by atoms with Gasteiger partial charge in [0.15, 0.2) is 5.78 Å². The molecule has 1 aromatic heterocycles. The number of carbonyl (C=O) groups is 3. The number of furan rings is 1. The van der Waals surface area contributed by atoms with Crippen LogP contribution in [-0.2, 0) is 20.9 Å². The van der Waals surface area contributed by atoms with Gasteiger partial charge in [-0.2, -0.15) is 0 Å². The summed E-state index contributed by atoms with van der Waals surface area (Å²) in [5.41, 5.74) is 1.10. The Hall–Kier alpha value is -2.74. The van der Waals surface area contributed by atoms with Crippen molar-refractivity contribution in [1.82, 2.24) is 4.90 Å². The van der Waals surface area contributed by atoms with Gasteiger partial charge in [0.2, 0.25) is 5.91 Å². The third-order valence-electron chi connectivity index (χ3n) is 4.48. The van der Waals surface area contributed by atoms with E-state index in [1.165, 1.54) is 43.9 Å². The molecule has 1 fully saturated rings. The predicted molar refractivity (Wildman–Crippen MR) is 103 cm³/mol. The number of Topliss-reactive ketones (excluding diaryl/α,β-unsaturated/α-hetero) is 1. The van der Waals surface area contributed by atoms with Crippen LogP contribution in [0.1, 0.15) is 40.9 Å². The molecule has 0 saturated carbocycles. The molecule has 28 heavy (non-hydrogen) atoms. The van der Waals surface area contributed by atoms with Crippen molar-refractivity contribution in [3.8, 4) is 5.75 Å². The molecule has 2 aromatic rings. The number of hydrogen-bond acceptors (Lipinski definition) is 7. The summed E-state index contributed by atoms with van der Waals surface area (Å²) in [6.45, 7) is 2.83. The molecule has 7 nitrogen and oxygen atoms in total. The van der Waals surface area contributed by atoms with Gasteiger partial charge in [0.1, 0.15) is 29.5 Å². The summed E-state index contributed by atoms with van der Waals surface area (Å²) in [4.78, 5) is 38.0. The summed E-state index contributed by atoms with van der Waals surface area (Å²) in [6, 6.07) is 7.78. The van der Waals surface area contributed by atoms with Crippen LogP contribution in [0.15, 0.2) is 41.0 Å². The molecule has 8 heteroatoms. The number of rotatable bonds is 6. The van der Waals surface area contributed by atoms with Crippen LogP contribution >= 0.6 is 11.8 Å².